The maximum absolute atomic E-state index is 11.3. The normalized spacial score (nSPS) is 17.8. The van der Waals surface area contributed by atoms with Gasteiger partial charge in [0.1, 0.15) is 0 Å². The van der Waals surface area contributed by atoms with Crippen LogP contribution < -0.4 is 0 Å². The molecule has 1 aliphatic carbocycles. The van der Waals surface area contributed by atoms with Gasteiger partial charge in [-0.15, -0.1) is 5.10 Å². The van der Waals surface area contributed by atoms with Crippen LogP contribution in [0, 0.1) is 11.3 Å². The van der Waals surface area contributed by atoms with Crippen LogP contribution in [-0.2, 0) is 19.4 Å². The van der Waals surface area contributed by atoms with Crippen LogP contribution in [0.5, 0.6) is 0 Å². The maximum Gasteiger partial charge on any atom is 0.336 e. The molecule has 5 nitrogen and oxygen atoms in total. The van der Waals surface area contributed by atoms with Crippen LogP contribution >= 0.6 is 0 Å². The lowest BCUT2D eigenvalue weighted by Gasteiger charge is -2.33. The molecule has 0 saturated carbocycles. The number of fused-ring (bicyclic) bond motifs is 1. The summed E-state index contributed by atoms with van der Waals surface area (Å²) in [4.78, 5) is 11.3. The Labute approximate surface area is 136 Å². The van der Waals surface area contributed by atoms with Gasteiger partial charge in [0.05, 0.1) is 23.5 Å². The summed E-state index contributed by atoms with van der Waals surface area (Å²) in [5.41, 5.74) is 3.61. The van der Waals surface area contributed by atoms with Gasteiger partial charge in [-0.25, -0.2) is 9.48 Å². The number of aromatic nitrogens is 3. The quantitative estimate of drug-likeness (QED) is 0.945. The first-order valence-corrected chi connectivity index (χ1v) is 8.08. The lowest BCUT2D eigenvalue weighted by molar-refractivity contribution is 0.0695. The Morgan fingerprint density at radius 2 is 2.09 bits per heavy atom. The average Bonchev–Trinajstić information content (AvgIpc) is 2.89. The lowest BCUT2D eigenvalue weighted by atomic mass is 9.73. The molecule has 0 aliphatic heterocycles. The molecule has 0 fully saturated rings. The molecule has 23 heavy (non-hydrogen) atoms. The van der Waals surface area contributed by atoms with Crippen LogP contribution in [0.2, 0.25) is 0 Å². The van der Waals surface area contributed by atoms with E-state index in [-0.39, 0.29) is 5.41 Å². The molecule has 1 aromatic carbocycles. The number of benzene rings is 1. The van der Waals surface area contributed by atoms with E-state index >= 15 is 0 Å². The van der Waals surface area contributed by atoms with Crippen LogP contribution in [0.3, 0.4) is 0 Å². The summed E-state index contributed by atoms with van der Waals surface area (Å²) < 4.78 is 1.87. The first kappa shape index (κ1) is 15.7. The summed E-state index contributed by atoms with van der Waals surface area (Å²) in [6.45, 7) is 7.29. The van der Waals surface area contributed by atoms with Gasteiger partial charge in [0, 0.05) is 0 Å². The molecule has 1 aliphatic rings. The maximum atomic E-state index is 11.3. The Hall–Kier alpha value is -2.17. The number of carbonyl (C=O) groups is 1. The molecular weight excluding hydrogens is 290 g/mol. The molecule has 1 N–H and O–H groups in total. The number of carboxylic acid groups (broad SMARTS) is 1. The lowest BCUT2D eigenvalue weighted by Crippen LogP contribution is -2.27. The van der Waals surface area contributed by atoms with Gasteiger partial charge in [0.2, 0.25) is 0 Å². The summed E-state index contributed by atoms with van der Waals surface area (Å²) in [6.07, 6.45) is 3.05. The number of rotatable bonds is 3. The Bertz CT molecular complexity index is 728. The number of carboxylic acids is 1. The van der Waals surface area contributed by atoms with Crippen molar-refractivity contribution in [3.63, 3.8) is 0 Å². The second-order valence-electron chi connectivity index (χ2n) is 7.41. The third kappa shape index (κ3) is 3.14. The predicted octanol–water partition coefficient (Wildman–Crippen LogP) is 3.18. The summed E-state index contributed by atoms with van der Waals surface area (Å²) in [6, 6.07) is 7.09. The van der Waals surface area contributed by atoms with Crippen molar-refractivity contribution < 1.29 is 9.90 Å². The van der Waals surface area contributed by atoms with Crippen LogP contribution in [0.25, 0.3) is 0 Å². The minimum absolute atomic E-state index is 0.275. The Balaban J connectivity index is 1.85. The second kappa shape index (κ2) is 5.80. The van der Waals surface area contributed by atoms with Gasteiger partial charge in [-0.2, -0.15) is 0 Å². The van der Waals surface area contributed by atoms with E-state index in [1.165, 1.54) is 0 Å². The third-order valence-electron chi connectivity index (χ3n) is 4.88. The fourth-order valence-electron chi connectivity index (χ4n) is 3.34. The molecule has 0 bridgehead atoms. The molecule has 5 heteroatoms. The van der Waals surface area contributed by atoms with E-state index < -0.39 is 5.97 Å². The summed E-state index contributed by atoms with van der Waals surface area (Å²) in [7, 11) is 0. The Morgan fingerprint density at radius 1 is 1.35 bits per heavy atom. The van der Waals surface area contributed by atoms with Crippen LogP contribution in [0.15, 0.2) is 24.3 Å². The largest absolute Gasteiger partial charge is 0.478 e. The third-order valence-corrected chi connectivity index (χ3v) is 4.88. The summed E-state index contributed by atoms with van der Waals surface area (Å²) in [5.74, 6) is -0.283. The Morgan fingerprint density at radius 3 is 2.78 bits per heavy atom. The molecule has 1 heterocycles. The number of hydrogen-bond donors (Lipinski definition) is 1. The topological polar surface area (TPSA) is 68.0 Å². The molecule has 0 spiro atoms. The second-order valence-corrected chi connectivity index (χ2v) is 7.41. The van der Waals surface area contributed by atoms with E-state index in [1.807, 2.05) is 16.8 Å². The van der Waals surface area contributed by atoms with Gasteiger partial charge >= 0.3 is 5.97 Å². The molecule has 1 unspecified atom stereocenters. The zero-order chi connectivity index (χ0) is 16.6. The van der Waals surface area contributed by atoms with E-state index in [0.29, 0.717) is 18.0 Å². The molecule has 1 atom stereocenters. The minimum atomic E-state index is -0.901. The molecular formula is C18H23N3O2. The van der Waals surface area contributed by atoms with Crippen molar-refractivity contribution in [1.82, 2.24) is 15.0 Å². The van der Waals surface area contributed by atoms with Gasteiger partial charge in [0.15, 0.2) is 0 Å². The smallest absolute Gasteiger partial charge is 0.336 e. The SMILES string of the molecule is CC(C)(C)C1CCc2c(nnn2Cc2ccccc2C(=O)O)C1. The van der Waals surface area contributed by atoms with Gasteiger partial charge in [-0.3, -0.25) is 0 Å². The highest BCUT2D eigenvalue weighted by atomic mass is 16.4. The van der Waals surface area contributed by atoms with Crippen molar-refractivity contribution in [2.24, 2.45) is 11.3 Å². The molecule has 3 rings (SSSR count). The minimum Gasteiger partial charge on any atom is -0.478 e. The van der Waals surface area contributed by atoms with Crippen LogP contribution in [0.4, 0.5) is 0 Å². The summed E-state index contributed by atoms with van der Waals surface area (Å²) >= 11 is 0. The first-order chi connectivity index (χ1) is 10.9. The zero-order valence-electron chi connectivity index (χ0n) is 13.9. The van der Waals surface area contributed by atoms with Gasteiger partial charge in [0.25, 0.3) is 0 Å². The number of hydrogen-bond acceptors (Lipinski definition) is 3. The molecule has 0 saturated heterocycles. The van der Waals surface area contributed by atoms with E-state index in [4.69, 9.17) is 0 Å². The molecule has 1 aromatic heterocycles. The van der Waals surface area contributed by atoms with Crippen LogP contribution in [-0.4, -0.2) is 26.1 Å². The van der Waals surface area contributed by atoms with Crippen molar-refractivity contribution in [2.45, 2.75) is 46.6 Å². The highest BCUT2D eigenvalue weighted by Gasteiger charge is 2.31. The van der Waals surface area contributed by atoms with E-state index in [2.05, 4.69) is 31.1 Å². The van der Waals surface area contributed by atoms with E-state index in [9.17, 15) is 9.90 Å². The first-order valence-electron chi connectivity index (χ1n) is 8.08. The number of nitrogens with zero attached hydrogens (tertiary/aromatic N) is 3. The average molecular weight is 313 g/mol. The van der Waals surface area contributed by atoms with Crippen molar-refractivity contribution >= 4 is 5.97 Å². The standard InChI is InChI=1S/C18H23N3O2/c1-18(2,3)13-8-9-16-15(10-13)19-20-21(16)11-12-6-4-5-7-14(12)17(22)23/h4-7,13H,8-11H2,1-3H3,(H,22,23). The summed E-state index contributed by atoms with van der Waals surface area (Å²) in [5, 5.41) is 18.0. The van der Waals surface area contributed by atoms with E-state index in [0.717, 1.165) is 36.2 Å². The van der Waals surface area contributed by atoms with Gasteiger partial charge < -0.3 is 5.11 Å². The fourth-order valence-corrected chi connectivity index (χ4v) is 3.34. The number of aromatic carboxylic acids is 1. The van der Waals surface area contributed by atoms with Crippen molar-refractivity contribution in [3.8, 4) is 0 Å². The molecule has 0 amide bonds. The highest BCUT2D eigenvalue weighted by Crippen LogP contribution is 2.36. The predicted molar refractivity (Wildman–Crippen MR) is 87.5 cm³/mol. The fraction of sp³-hybridized carbons (Fsp3) is 0.500. The van der Waals surface area contributed by atoms with Crippen molar-refractivity contribution in [1.29, 1.82) is 0 Å². The zero-order valence-corrected chi connectivity index (χ0v) is 13.9. The van der Waals surface area contributed by atoms with Gasteiger partial charge in [-0.1, -0.05) is 44.2 Å². The van der Waals surface area contributed by atoms with E-state index in [1.54, 1.807) is 12.1 Å². The Kier molecular flexibility index (Phi) is 3.96. The highest BCUT2D eigenvalue weighted by molar-refractivity contribution is 5.89. The monoisotopic (exact) mass is 313 g/mol. The molecule has 0 radical (unpaired) electrons. The van der Waals surface area contributed by atoms with Crippen molar-refractivity contribution in [3.05, 3.63) is 46.8 Å². The van der Waals surface area contributed by atoms with Crippen LogP contribution in [0.1, 0.15) is 54.5 Å². The molecule has 122 valence electrons. The van der Waals surface area contributed by atoms with Crippen molar-refractivity contribution in [2.75, 3.05) is 0 Å². The van der Waals surface area contributed by atoms with Gasteiger partial charge in [-0.05, 0) is 42.2 Å². The molecule has 2 aromatic rings.